The maximum absolute atomic E-state index is 12.4. The highest BCUT2D eigenvalue weighted by atomic mass is 35.5. The van der Waals surface area contributed by atoms with Crippen molar-refractivity contribution in [1.29, 1.82) is 0 Å². The van der Waals surface area contributed by atoms with Crippen molar-refractivity contribution in [3.63, 3.8) is 0 Å². The number of hydrogen-bond donors (Lipinski definition) is 3. The van der Waals surface area contributed by atoms with Crippen molar-refractivity contribution < 1.29 is 19.2 Å². The standard InChI is InChI=1S/C19H21Cl2N3O3/c1-12(19(26)23-16-8-13(20)7-14(21)9-16)24(2)11-18(25)22-15-5-4-6-17(10-15)27-3/h4-10,12H,11H2,1-3H3,(H,22,25)(H,23,26)/p+1/t12-/m1/s1. The molecule has 0 aromatic heterocycles. The van der Waals surface area contributed by atoms with E-state index in [2.05, 4.69) is 10.6 Å². The van der Waals surface area contributed by atoms with Crippen LogP contribution in [0.1, 0.15) is 6.92 Å². The zero-order chi connectivity index (χ0) is 20.0. The third-order valence-corrected chi connectivity index (χ3v) is 4.49. The van der Waals surface area contributed by atoms with Gasteiger partial charge in [0.15, 0.2) is 12.6 Å². The number of anilines is 2. The first-order valence-corrected chi connectivity index (χ1v) is 9.07. The Morgan fingerprint density at radius 2 is 1.74 bits per heavy atom. The van der Waals surface area contributed by atoms with E-state index < -0.39 is 6.04 Å². The maximum Gasteiger partial charge on any atom is 0.282 e. The van der Waals surface area contributed by atoms with E-state index in [4.69, 9.17) is 27.9 Å². The number of quaternary nitrogens is 1. The lowest BCUT2D eigenvalue weighted by atomic mass is 10.2. The SMILES string of the molecule is COc1cccc(NC(=O)C[NH+](C)[C@H](C)C(=O)Nc2cc(Cl)cc(Cl)c2)c1. The second kappa shape index (κ2) is 9.60. The Morgan fingerprint density at radius 3 is 2.37 bits per heavy atom. The molecule has 0 aliphatic heterocycles. The smallest absolute Gasteiger partial charge is 0.282 e. The van der Waals surface area contributed by atoms with Crippen molar-refractivity contribution in [2.45, 2.75) is 13.0 Å². The lowest BCUT2D eigenvalue weighted by Gasteiger charge is -2.20. The molecule has 3 N–H and O–H groups in total. The van der Waals surface area contributed by atoms with Crippen LogP contribution in [0.2, 0.25) is 10.0 Å². The molecular formula is C19H22Cl2N3O3+. The first kappa shape index (κ1) is 21.0. The molecule has 2 aromatic carbocycles. The molecule has 2 amide bonds. The van der Waals surface area contributed by atoms with Gasteiger partial charge in [-0.25, -0.2) is 0 Å². The number of carbonyl (C=O) groups excluding carboxylic acids is 2. The first-order chi connectivity index (χ1) is 12.8. The Kier molecular flexibility index (Phi) is 7.47. The van der Waals surface area contributed by atoms with Crippen LogP contribution in [0.15, 0.2) is 42.5 Å². The summed E-state index contributed by atoms with van der Waals surface area (Å²) in [4.78, 5) is 25.4. The Bertz CT molecular complexity index is 809. The second-order valence-electron chi connectivity index (χ2n) is 6.17. The number of nitrogens with one attached hydrogen (secondary N) is 3. The minimum atomic E-state index is -0.459. The summed E-state index contributed by atoms with van der Waals surface area (Å²) in [5, 5.41) is 6.43. The summed E-state index contributed by atoms with van der Waals surface area (Å²) in [5.41, 5.74) is 1.15. The number of likely N-dealkylation sites (N-methyl/N-ethyl adjacent to an activating group) is 1. The fourth-order valence-electron chi connectivity index (χ4n) is 2.41. The van der Waals surface area contributed by atoms with Gasteiger partial charge in [-0.3, -0.25) is 9.59 Å². The number of halogens is 2. The van der Waals surface area contributed by atoms with E-state index in [1.54, 1.807) is 63.5 Å². The number of hydrogen-bond acceptors (Lipinski definition) is 3. The maximum atomic E-state index is 12.4. The van der Waals surface area contributed by atoms with Crippen molar-refractivity contribution in [3.8, 4) is 5.75 Å². The lowest BCUT2D eigenvalue weighted by Crippen LogP contribution is -3.14. The molecule has 0 saturated carbocycles. The van der Waals surface area contributed by atoms with Crippen molar-refractivity contribution in [3.05, 3.63) is 52.5 Å². The van der Waals surface area contributed by atoms with Crippen LogP contribution in [0, 0.1) is 0 Å². The van der Waals surface area contributed by atoms with Crippen LogP contribution < -0.4 is 20.3 Å². The van der Waals surface area contributed by atoms with Crippen molar-refractivity contribution in [2.75, 3.05) is 31.3 Å². The Morgan fingerprint density at radius 1 is 1.07 bits per heavy atom. The van der Waals surface area contributed by atoms with Gasteiger partial charge in [-0.05, 0) is 37.3 Å². The van der Waals surface area contributed by atoms with Gasteiger partial charge in [0, 0.05) is 27.5 Å². The molecule has 2 rings (SSSR count). The highest BCUT2D eigenvalue weighted by Crippen LogP contribution is 2.22. The van der Waals surface area contributed by atoms with Crippen LogP contribution in [0.25, 0.3) is 0 Å². The monoisotopic (exact) mass is 410 g/mol. The quantitative estimate of drug-likeness (QED) is 0.656. The molecule has 0 spiro atoms. The molecule has 2 atom stereocenters. The molecule has 144 valence electrons. The van der Waals surface area contributed by atoms with Crippen LogP contribution in [-0.4, -0.2) is 38.6 Å². The molecule has 1 unspecified atom stereocenters. The number of methoxy groups -OCH3 is 1. The van der Waals surface area contributed by atoms with Gasteiger partial charge in [0.25, 0.3) is 11.8 Å². The topological polar surface area (TPSA) is 71.9 Å². The van der Waals surface area contributed by atoms with Crippen LogP contribution in [-0.2, 0) is 9.59 Å². The molecule has 0 saturated heterocycles. The predicted octanol–water partition coefficient (Wildman–Crippen LogP) is 2.48. The highest BCUT2D eigenvalue weighted by molar-refractivity contribution is 6.35. The fourth-order valence-corrected chi connectivity index (χ4v) is 2.94. The minimum Gasteiger partial charge on any atom is -0.497 e. The zero-order valence-corrected chi connectivity index (χ0v) is 16.8. The van der Waals surface area contributed by atoms with Crippen LogP contribution in [0.3, 0.4) is 0 Å². The number of rotatable bonds is 7. The van der Waals surface area contributed by atoms with Gasteiger partial charge >= 0.3 is 0 Å². The number of carbonyl (C=O) groups is 2. The molecule has 0 radical (unpaired) electrons. The summed E-state index contributed by atoms with van der Waals surface area (Å²) in [7, 11) is 3.34. The molecule has 0 fully saturated rings. The highest BCUT2D eigenvalue weighted by Gasteiger charge is 2.24. The Hall–Kier alpha value is -2.28. The first-order valence-electron chi connectivity index (χ1n) is 8.31. The van der Waals surface area contributed by atoms with E-state index >= 15 is 0 Å². The summed E-state index contributed by atoms with van der Waals surface area (Å²) in [6, 6.07) is 11.4. The largest absolute Gasteiger partial charge is 0.497 e. The molecule has 0 bridgehead atoms. The van der Waals surface area contributed by atoms with Crippen molar-refractivity contribution in [1.82, 2.24) is 0 Å². The molecule has 8 heteroatoms. The molecule has 6 nitrogen and oxygen atoms in total. The van der Waals surface area contributed by atoms with Gasteiger partial charge in [-0.1, -0.05) is 29.3 Å². The predicted molar refractivity (Wildman–Crippen MR) is 108 cm³/mol. The number of benzene rings is 2. The van der Waals surface area contributed by atoms with Gasteiger partial charge in [0.1, 0.15) is 5.75 Å². The zero-order valence-electron chi connectivity index (χ0n) is 15.3. The van der Waals surface area contributed by atoms with Crippen molar-refractivity contribution in [2.24, 2.45) is 0 Å². The van der Waals surface area contributed by atoms with Gasteiger partial charge in [-0.15, -0.1) is 0 Å². The summed E-state index contributed by atoms with van der Waals surface area (Å²) in [5.74, 6) is 0.215. The molecule has 0 aliphatic rings. The summed E-state index contributed by atoms with van der Waals surface area (Å²) in [6.45, 7) is 1.87. The van der Waals surface area contributed by atoms with Gasteiger partial charge in [-0.2, -0.15) is 0 Å². The Labute approximate surface area is 168 Å². The molecular weight excluding hydrogens is 389 g/mol. The third-order valence-electron chi connectivity index (χ3n) is 4.06. The number of amides is 2. The normalized spacial score (nSPS) is 12.8. The average molecular weight is 411 g/mol. The molecule has 0 aliphatic carbocycles. The summed E-state index contributed by atoms with van der Waals surface area (Å²) < 4.78 is 5.13. The fraction of sp³-hybridized carbons (Fsp3) is 0.263. The van der Waals surface area contributed by atoms with E-state index in [1.807, 2.05) is 0 Å². The van der Waals surface area contributed by atoms with Crippen LogP contribution in [0.5, 0.6) is 5.75 Å². The molecule has 0 heterocycles. The third kappa shape index (κ3) is 6.43. The van der Waals surface area contributed by atoms with E-state index in [1.165, 1.54) is 0 Å². The Balaban J connectivity index is 1.92. The van der Waals surface area contributed by atoms with Crippen molar-refractivity contribution >= 4 is 46.4 Å². The lowest BCUT2D eigenvalue weighted by molar-refractivity contribution is -0.885. The minimum absolute atomic E-state index is 0.127. The van der Waals surface area contributed by atoms with Gasteiger partial charge < -0.3 is 20.3 Å². The molecule has 27 heavy (non-hydrogen) atoms. The van der Waals surface area contributed by atoms with Crippen LogP contribution >= 0.6 is 23.2 Å². The number of ether oxygens (including phenoxy) is 1. The summed E-state index contributed by atoms with van der Waals surface area (Å²) >= 11 is 11.9. The van der Waals surface area contributed by atoms with E-state index in [-0.39, 0.29) is 18.4 Å². The van der Waals surface area contributed by atoms with Gasteiger partial charge in [0.2, 0.25) is 0 Å². The van der Waals surface area contributed by atoms with E-state index in [0.717, 1.165) is 4.90 Å². The second-order valence-corrected chi connectivity index (χ2v) is 7.05. The van der Waals surface area contributed by atoms with Gasteiger partial charge in [0.05, 0.1) is 14.2 Å². The molecule has 2 aromatic rings. The average Bonchev–Trinajstić information content (AvgIpc) is 2.60. The van der Waals surface area contributed by atoms with E-state index in [9.17, 15) is 9.59 Å². The van der Waals surface area contributed by atoms with E-state index in [0.29, 0.717) is 27.2 Å². The summed E-state index contributed by atoms with van der Waals surface area (Å²) in [6.07, 6.45) is 0. The van der Waals surface area contributed by atoms with Crippen LogP contribution in [0.4, 0.5) is 11.4 Å².